The highest BCUT2D eigenvalue weighted by atomic mass is 32.2. The van der Waals surface area contributed by atoms with E-state index in [1.165, 1.54) is 11.9 Å². The number of hydrogen-bond donors (Lipinski definition) is 1. The van der Waals surface area contributed by atoms with Crippen LogP contribution >= 0.6 is 0 Å². The maximum absolute atomic E-state index is 13.5. The second-order valence-corrected chi connectivity index (χ2v) is 9.84. The Hall–Kier alpha value is -3.59. The van der Waals surface area contributed by atoms with Crippen LogP contribution in [-0.2, 0) is 26.2 Å². The first-order valence-corrected chi connectivity index (χ1v) is 12.6. The number of carbonyl (C=O) groups excluding carboxylic acids is 2. The molecule has 0 unspecified atom stereocenters. The number of likely N-dealkylation sites (N-methyl/N-ethyl adjacent to an activating group) is 1. The minimum absolute atomic E-state index is 0.109. The van der Waals surface area contributed by atoms with E-state index in [0.29, 0.717) is 16.8 Å². The maximum atomic E-state index is 13.5. The van der Waals surface area contributed by atoms with Crippen LogP contribution < -0.4 is 14.4 Å². The number of methoxy groups -OCH3 is 1. The summed E-state index contributed by atoms with van der Waals surface area (Å²) < 4.78 is 31.9. The number of benzene rings is 3. The summed E-state index contributed by atoms with van der Waals surface area (Å²) in [5, 5.41) is 4.12. The van der Waals surface area contributed by atoms with Crippen molar-refractivity contribution in [3.63, 3.8) is 0 Å². The molecule has 0 aromatic heterocycles. The standard InChI is InChI=1S/C25H29N3O5S/c1-18(25(30)26-2)27(16-19-9-7-12-21(15-19)33-3)24(29)17-28(34(4,31)32)23-14-8-11-20-10-5-6-13-22(20)23/h5-15,18H,16-17H2,1-4H3,(H,26,30)/t18-/m0/s1. The Morgan fingerprint density at radius 2 is 1.71 bits per heavy atom. The molecule has 180 valence electrons. The number of hydrogen-bond acceptors (Lipinski definition) is 5. The Labute approximate surface area is 200 Å². The van der Waals surface area contributed by atoms with E-state index >= 15 is 0 Å². The highest BCUT2D eigenvalue weighted by molar-refractivity contribution is 7.92. The van der Waals surface area contributed by atoms with Gasteiger partial charge in [-0.15, -0.1) is 0 Å². The normalized spacial score (nSPS) is 12.1. The summed E-state index contributed by atoms with van der Waals surface area (Å²) in [6, 6.07) is 19.0. The molecular formula is C25H29N3O5S. The van der Waals surface area contributed by atoms with Crippen molar-refractivity contribution < 1.29 is 22.7 Å². The lowest BCUT2D eigenvalue weighted by molar-refractivity contribution is -0.139. The number of fused-ring (bicyclic) bond motifs is 1. The van der Waals surface area contributed by atoms with Crippen molar-refractivity contribution in [2.45, 2.75) is 19.5 Å². The largest absolute Gasteiger partial charge is 0.497 e. The van der Waals surface area contributed by atoms with Gasteiger partial charge in [0.25, 0.3) is 0 Å². The van der Waals surface area contributed by atoms with Gasteiger partial charge >= 0.3 is 0 Å². The van der Waals surface area contributed by atoms with Crippen molar-refractivity contribution in [2.24, 2.45) is 0 Å². The zero-order valence-corrected chi connectivity index (χ0v) is 20.5. The molecule has 0 aliphatic heterocycles. The molecule has 3 aromatic rings. The highest BCUT2D eigenvalue weighted by Crippen LogP contribution is 2.28. The topological polar surface area (TPSA) is 96.0 Å². The van der Waals surface area contributed by atoms with Gasteiger partial charge in [0.15, 0.2) is 0 Å². The van der Waals surface area contributed by atoms with Crippen LogP contribution in [0.25, 0.3) is 10.8 Å². The minimum Gasteiger partial charge on any atom is -0.497 e. The summed E-state index contributed by atoms with van der Waals surface area (Å²) in [6.07, 6.45) is 1.07. The molecule has 0 spiro atoms. The summed E-state index contributed by atoms with van der Waals surface area (Å²) in [4.78, 5) is 27.3. The van der Waals surface area contributed by atoms with Crippen LogP contribution in [0.4, 0.5) is 5.69 Å². The Morgan fingerprint density at radius 1 is 1.03 bits per heavy atom. The van der Waals surface area contributed by atoms with Gasteiger partial charge in [-0.05, 0) is 36.1 Å². The molecule has 9 heteroatoms. The summed E-state index contributed by atoms with van der Waals surface area (Å²) >= 11 is 0. The van der Waals surface area contributed by atoms with E-state index in [1.807, 2.05) is 36.4 Å². The molecule has 3 rings (SSSR count). The van der Waals surface area contributed by atoms with Gasteiger partial charge in [-0.3, -0.25) is 13.9 Å². The summed E-state index contributed by atoms with van der Waals surface area (Å²) in [6.45, 7) is 1.27. The molecule has 2 amide bonds. The molecule has 0 fully saturated rings. The Kier molecular flexibility index (Phi) is 7.78. The van der Waals surface area contributed by atoms with Gasteiger partial charge in [0.1, 0.15) is 18.3 Å². The lowest BCUT2D eigenvalue weighted by Gasteiger charge is -2.31. The number of carbonyl (C=O) groups is 2. The van der Waals surface area contributed by atoms with E-state index in [-0.39, 0.29) is 12.5 Å². The zero-order valence-electron chi connectivity index (χ0n) is 19.7. The second kappa shape index (κ2) is 10.6. The Morgan fingerprint density at radius 3 is 2.38 bits per heavy atom. The van der Waals surface area contributed by atoms with Crippen molar-refractivity contribution >= 4 is 38.3 Å². The second-order valence-electron chi connectivity index (χ2n) is 7.93. The third kappa shape index (κ3) is 5.66. The third-order valence-corrected chi connectivity index (χ3v) is 6.74. The van der Waals surface area contributed by atoms with Gasteiger partial charge in [0.2, 0.25) is 21.8 Å². The molecule has 1 N–H and O–H groups in total. The predicted octanol–water partition coefficient (Wildman–Crippen LogP) is 2.78. The van der Waals surface area contributed by atoms with E-state index in [9.17, 15) is 18.0 Å². The summed E-state index contributed by atoms with van der Waals surface area (Å²) in [5.74, 6) is -0.240. The molecule has 1 atom stereocenters. The number of anilines is 1. The molecule has 0 saturated carbocycles. The van der Waals surface area contributed by atoms with Crippen LogP contribution in [0.3, 0.4) is 0 Å². The first-order chi connectivity index (χ1) is 16.2. The highest BCUT2D eigenvalue weighted by Gasteiger charge is 2.30. The average molecular weight is 484 g/mol. The van der Waals surface area contributed by atoms with Gasteiger partial charge in [0, 0.05) is 19.0 Å². The molecule has 34 heavy (non-hydrogen) atoms. The zero-order chi connectivity index (χ0) is 24.9. The van der Waals surface area contributed by atoms with Gasteiger partial charge < -0.3 is 15.0 Å². The minimum atomic E-state index is -3.81. The number of sulfonamides is 1. The van der Waals surface area contributed by atoms with Crippen LogP contribution in [0.2, 0.25) is 0 Å². The van der Waals surface area contributed by atoms with Gasteiger partial charge in [-0.2, -0.15) is 0 Å². The van der Waals surface area contributed by atoms with Gasteiger partial charge in [-0.25, -0.2) is 8.42 Å². The van der Waals surface area contributed by atoms with Crippen LogP contribution in [0.5, 0.6) is 5.75 Å². The van der Waals surface area contributed by atoms with E-state index in [1.54, 1.807) is 44.4 Å². The fourth-order valence-corrected chi connectivity index (χ4v) is 4.64. The molecule has 0 aliphatic carbocycles. The molecule has 0 heterocycles. The summed E-state index contributed by atoms with van der Waals surface area (Å²) in [5.41, 5.74) is 1.15. The number of nitrogens with one attached hydrogen (secondary N) is 1. The molecule has 8 nitrogen and oxygen atoms in total. The van der Waals surface area contributed by atoms with Gasteiger partial charge in [-0.1, -0.05) is 48.5 Å². The molecule has 0 saturated heterocycles. The Bertz CT molecular complexity index is 1290. The van der Waals surface area contributed by atoms with Crippen molar-refractivity contribution in [3.05, 3.63) is 72.3 Å². The number of rotatable bonds is 9. The predicted molar refractivity (Wildman–Crippen MR) is 133 cm³/mol. The van der Waals surface area contributed by atoms with Crippen LogP contribution in [0.15, 0.2) is 66.7 Å². The fraction of sp³-hybridized carbons (Fsp3) is 0.280. The summed E-state index contributed by atoms with van der Waals surface area (Å²) in [7, 11) is -0.771. The third-order valence-electron chi connectivity index (χ3n) is 5.62. The van der Waals surface area contributed by atoms with Crippen molar-refractivity contribution in [1.29, 1.82) is 0 Å². The molecular weight excluding hydrogens is 454 g/mol. The fourth-order valence-electron chi connectivity index (χ4n) is 3.78. The van der Waals surface area contributed by atoms with Crippen molar-refractivity contribution in [1.82, 2.24) is 10.2 Å². The van der Waals surface area contributed by atoms with Crippen molar-refractivity contribution in [2.75, 3.05) is 31.3 Å². The number of nitrogens with zero attached hydrogens (tertiary/aromatic N) is 2. The van der Waals surface area contributed by atoms with E-state index in [4.69, 9.17) is 4.74 Å². The first kappa shape index (κ1) is 25.0. The molecule has 0 radical (unpaired) electrons. The van der Waals surface area contributed by atoms with E-state index in [2.05, 4.69) is 5.32 Å². The SMILES string of the molecule is CNC(=O)[C@H](C)N(Cc1cccc(OC)c1)C(=O)CN(c1cccc2ccccc12)S(C)(=O)=O. The van der Waals surface area contributed by atoms with E-state index < -0.39 is 28.5 Å². The smallest absolute Gasteiger partial charge is 0.244 e. The Balaban J connectivity index is 2.00. The molecule has 0 aliphatic rings. The van der Waals surface area contributed by atoms with E-state index in [0.717, 1.165) is 21.5 Å². The maximum Gasteiger partial charge on any atom is 0.244 e. The molecule has 0 bridgehead atoms. The van der Waals surface area contributed by atoms with Crippen molar-refractivity contribution in [3.8, 4) is 5.75 Å². The lowest BCUT2D eigenvalue weighted by Crippen LogP contribution is -2.50. The number of ether oxygens (including phenoxy) is 1. The molecule has 3 aromatic carbocycles. The average Bonchev–Trinajstić information content (AvgIpc) is 2.84. The lowest BCUT2D eigenvalue weighted by atomic mass is 10.1. The van der Waals surface area contributed by atoms with Crippen LogP contribution in [0, 0.1) is 0 Å². The van der Waals surface area contributed by atoms with Crippen LogP contribution in [0.1, 0.15) is 12.5 Å². The monoisotopic (exact) mass is 483 g/mol. The van der Waals surface area contributed by atoms with Gasteiger partial charge in [0.05, 0.1) is 19.1 Å². The quantitative estimate of drug-likeness (QED) is 0.505. The van der Waals surface area contributed by atoms with Crippen LogP contribution in [-0.4, -0.2) is 58.1 Å². The first-order valence-electron chi connectivity index (χ1n) is 10.7. The number of amides is 2.